The van der Waals surface area contributed by atoms with Crippen LogP contribution in [0.3, 0.4) is 0 Å². The van der Waals surface area contributed by atoms with Crippen LogP contribution in [0.2, 0.25) is 0 Å². The van der Waals surface area contributed by atoms with Gasteiger partial charge in [0.1, 0.15) is 11.5 Å². The van der Waals surface area contributed by atoms with E-state index < -0.39 is 0 Å². The third-order valence-corrected chi connectivity index (χ3v) is 3.41. The Morgan fingerprint density at radius 3 is 2.33 bits per heavy atom. The van der Waals surface area contributed by atoms with Crippen molar-refractivity contribution in [2.45, 2.75) is 26.1 Å². The predicted molar refractivity (Wildman–Crippen MR) is 82.2 cm³/mol. The topological polar surface area (TPSA) is 61.7 Å². The fraction of sp³-hybridized carbons (Fsp3) is 0.294. The molecule has 0 aliphatic rings. The van der Waals surface area contributed by atoms with Crippen LogP contribution in [0.25, 0.3) is 0 Å². The van der Waals surface area contributed by atoms with Gasteiger partial charge in [-0.2, -0.15) is 0 Å². The van der Waals surface area contributed by atoms with Crippen LogP contribution in [-0.2, 0) is 17.9 Å². The highest BCUT2D eigenvalue weighted by atomic mass is 16.5. The predicted octanol–water partition coefficient (Wildman–Crippen LogP) is 3.10. The molecule has 112 valence electrons. The van der Waals surface area contributed by atoms with E-state index in [9.17, 15) is 10.2 Å². The van der Waals surface area contributed by atoms with Gasteiger partial charge in [-0.15, -0.1) is 0 Å². The maximum absolute atomic E-state index is 9.86. The number of ether oxygens (including phenoxy) is 1. The lowest BCUT2D eigenvalue weighted by molar-refractivity contribution is 0.185. The molecule has 2 aromatic rings. The highest BCUT2D eigenvalue weighted by Crippen LogP contribution is 2.32. The second-order valence-electron chi connectivity index (χ2n) is 5.07. The molecule has 0 saturated carbocycles. The number of phenols is 2. The summed E-state index contributed by atoms with van der Waals surface area (Å²) in [5, 5.41) is 23.0. The summed E-state index contributed by atoms with van der Waals surface area (Å²) in [5.74, 6) is 0.200. The van der Waals surface area contributed by atoms with Gasteiger partial charge in [-0.3, -0.25) is 0 Å². The van der Waals surface area contributed by atoms with Crippen molar-refractivity contribution in [2.24, 2.45) is 0 Å². The zero-order chi connectivity index (χ0) is 15.2. The summed E-state index contributed by atoms with van der Waals surface area (Å²) in [4.78, 5) is 0. The van der Waals surface area contributed by atoms with E-state index in [0.717, 1.165) is 11.1 Å². The van der Waals surface area contributed by atoms with Crippen LogP contribution in [-0.4, -0.2) is 17.3 Å². The summed E-state index contributed by atoms with van der Waals surface area (Å²) in [6.45, 7) is 3.14. The Labute approximate surface area is 125 Å². The average molecular weight is 287 g/mol. The summed E-state index contributed by atoms with van der Waals surface area (Å²) in [5.41, 5.74) is 2.77. The van der Waals surface area contributed by atoms with Gasteiger partial charge in [0.15, 0.2) is 0 Å². The van der Waals surface area contributed by atoms with Crippen LogP contribution in [0.5, 0.6) is 11.5 Å². The van der Waals surface area contributed by atoms with E-state index in [2.05, 4.69) is 11.4 Å². The van der Waals surface area contributed by atoms with Crippen molar-refractivity contribution in [1.29, 1.82) is 0 Å². The largest absolute Gasteiger partial charge is 0.507 e. The summed E-state index contributed by atoms with van der Waals surface area (Å²) in [6.07, 6.45) is 0. The van der Waals surface area contributed by atoms with Gasteiger partial charge in [-0.25, -0.2) is 0 Å². The molecule has 0 aliphatic carbocycles. The van der Waals surface area contributed by atoms with E-state index in [-0.39, 0.29) is 17.5 Å². The monoisotopic (exact) mass is 287 g/mol. The minimum Gasteiger partial charge on any atom is -0.507 e. The first-order chi connectivity index (χ1) is 10.1. The summed E-state index contributed by atoms with van der Waals surface area (Å²) >= 11 is 0. The maximum atomic E-state index is 9.86. The second-order valence-corrected chi connectivity index (χ2v) is 5.07. The highest BCUT2D eigenvalue weighted by molar-refractivity contribution is 5.44. The summed E-state index contributed by atoms with van der Waals surface area (Å²) in [7, 11) is 1.67. The number of methoxy groups -OCH3 is 1. The van der Waals surface area contributed by atoms with E-state index in [1.165, 1.54) is 0 Å². The van der Waals surface area contributed by atoms with Gasteiger partial charge in [0.05, 0.1) is 12.2 Å². The van der Waals surface area contributed by atoms with E-state index in [4.69, 9.17) is 4.74 Å². The molecule has 1 atom stereocenters. The molecule has 2 aromatic carbocycles. The molecule has 4 heteroatoms. The zero-order valence-corrected chi connectivity index (χ0v) is 12.3. The number of rotatable bonds is 6. The van der Waals surface area contributed by atoms with Crippen LogP contribution in [0.1, 0.15) is 29.7 Å². The first-order valence-electron chi connectivity index (χ1n) is 6.92. The molecule has 0 radical (unpaired) electrons. The maximum Gasteiger partial charge on any atom is 0.124 e. The SMILES string of the molecule is COCc1cccc(CNC(C)c2c(O)cccc2O)c1. The molecule has 2 rings (SSSR count). The average Bonchev–Trinajstić information content (AvgIpc) is 2.46. The fourth-order valence-corrected chi connectivity index (χ4v) is 2.35. The number of aromatic hydroxyl groups is 2. The lowest BCUT2D eigenvalue weighted by atomic mass is 10.1. The molecule has 0 amide bonds. The Kier molecular flexibility index (Phi) is 5.20. The van der Waals surface area contributed by atoms with Gasteiger partial charge in [-0.05, 0) is 30.2 Å². The first-order valence-corrected chi connectivity index (χ1v) is 6.92. The standard InChI is InChI=1S/C17H21NO3/c1-12(17-15(19)7-4-8-16(17)20)18-10-13-5-3-6-14(9-13)11-21-2/h3-9,12,18-20H,10-11H2,1-2H3. The summed E-state index contributed by atoms with van der Waals surface area (Å²) in [6, 6.07) is 12.7. The van der Waals surface area contributed by atoms with Crippen LogP contribution in [0, 0.1) is 0 Å². The molecule has 4 nitrogen and oxygen atoms in total. The number of hydrogen-bond donors (Lipinski definition) is 3. The Bertz CT molecular complexity index is 578. The molecular formula is C17H21NO3. The molecule has 0 bridgehead atoms. The Morgan fingerprint density at radius 1 is 1.05 bits per heavy atom. The molecule has 3 N–H and O–H groups in total. The molecule has 0 heterocycles. The third-order valence-electron chi connectivity index (χ3n) is 3.41. The van der Waals surface area contributed by atoms with E-state index in [1.807, 2.05) is 25.1 Å². The van der Waals surface area contributed by atoms with Crippen LogP contribution >= 0.6 is 0 Å². The molecule has 0 aromatic heterocycles. The van der Waals surface area contributed by atoms with E-state index >= 15 is 0 Å². The lowest BCUT2D eigenvalue weighted by Gasteiger charge is -2.17. The second kappa shape index (κ2) is 7.11. The molecule has 0 aliphatic heterocycles. The van der Waals surface area contributed by atoms with Gasteiger partial charge >= 0.3 is 0 Å². The quantitative estimate of drug-likeness (QED) is 0.764. The van der Waals surface area contributed by atoms with E-state index in [0.29, 0.717) is 18.7 Å². The number of nitrogens with one attached hydrogen (secondary N) is 1. The van der Waals surface area contributed by atoms with Gasteiger partial charge in [0.25, 0.3) is 0 Å². The van der Waals surface area contributed by atoms with Crippen molar-refractivity contribution in [3.8, 4) is 11.5 Å². The number of hydrogen-bond acceptors (Lipinski definition) is 4. The van der Waals surface area contributed by atoms with Gasteiger partial charge in [0.2, 0.25) is 0 Å². The van der Waals surface area contributed by atoms with Crippen LogP contribution in [0.4, 0.5) is 0 Å². The molecule has 1 unspecified atom stereocenters. The minimum absolute atomic E-state index is 0.100. The fourth-order valence-electron chi connectivity index (χ4n) is 2.35. The number of benzene rings is 2. The first kappa shape index (κ1) is 15.4. The van der Waals surface area contributed by atoms with Crippen molar-refractivity contribution in [2.75, 3.05) is 7.11 Å². The molecule has 0 fully saturated rings. The van der Waals surface area contributed by atoms with Gasteiger partial charge < -0.3 is 20.3 Å². The Hall–Kier alpha value is -2.04. The smallest absolute Gasteiger partial charge is 0.124 e. The van der Waals surface area contributed by atoms with Crippen molar-refractivity contribution in [3.05, 3.63) is 59.2 Å². The minimum atomic E-state index is -0.155. The number of phenolic OH excluding ortho intramolecular Hbond substituents is 2. The van der Waals surface area contributed by atoms with Crippen molar-refractivity contribution in [3.63, 3.8) is 0 Å². The van der Waals surface area contributed by atoms with Crippen molar-refractivity contribution in [1.82, 2.24) is 5.32 Å². The zero-order valence-electron chi connectivity index (χ0n) is 12.3. The lowest BCUT2D eigenvalue weighted by Crippen LogP contribution is -2.18. The van der Waals surface area contributed by atoms with Gasteiger partial charge in [-0.1, -0.05) is 30.3 Å². The Morgan fingerprint density at radius 2 is 1.67 bits per heavy atom. The van der Waals surface area contributed by atoms with Crippen LogP contribution in [0.15, 0.2) is 42.5 Å². The van der Waals surface area contributed by atoms with Crippen LogP contribution < -0.4 is 5.32 Å². The van der Waals surface area contributed by atoms with Gasteiger partial charge in [0, 0.05) is 19.7 Å². The summed E-state index contributed by atoms with van der Waals surface area (Å²) < 4.78 is 5.12. The Balaban J connectivity index is 2.04. The molecule has 0 saturated heterocycles. The van der Waals surface area contributed by atoms with Crippen molar-refractivity contribution < 1.29 is 14.9 Å². The molecule has 0 spiro atoms. The van der Waals surface area contributed by atoms with E-state index in [1.54, 1.807) is 25.3 Å². The molecular weight excluding hydrogens is 266 g/mol. The normalized spacial score (nSPS) is 12.3. The molecule has 21 heavy (non-hydrogen) atoms. The third kappa shape index (κ3) is 3.97. The van der Waals surface area contributed by atoms with Crippen molar-refractivity contribution >= 4 is 0 Å². The highest BCUT2D eigenvalue weighted by Gasteiger charge is 2.14.